The maximum absolute atomic E-state index is 13.1. The van der Waals surface area contributed by atoms with Gasteiger partial charge < -0.3 is 0 Å². The van der Waals surface area contributed by atoms with E-state index in [9.17, 15) is 13.6 Å². The Morgan fingerprint density at radius 2 is 1.74 bits per heavy atom. The van der Waals surface area contributed by atoms with Gasteiger partial charge in [-0.25, -0.2) is 8.78 Å². The number of hydrogen-bond donors (Lipinski definition) is 0. The first kappa shape index (κ1) is 12.9. The molecule has 0 aliphatic rings. The third kappa shape index (κ3) is 2.83. The highest BCUT2D eigenvalue weighted by Gasteiger charge is 2.22. The van der Waals surface area contributed by atoms with Crippen LogP contribution in [0.1, 0.15) is 21.8 Å². The molecule has 0 bridgehead atoms. The highest BCUT2D eigenvalue weighted by Crippen LogP contribution is 2.21. The Labute approximate surface area is 108 Å². The van der Waals surface area contributed by atoms with Gasteiger partial charge in [-0.2, -0.15) is 5.26 Å². The van der Waals surface area contributed by atoms with E-state index in [-0.39, 0.29) is 5.56 Å². The Bertz CT molecular complexity index is 644. The SMILES string of the molecule is N#CC(C(=O)c1cccc(F)c1)c1ccc(F)cc1. The van der Waals surface area contributed by atoms with Crippen LogP contribution in [0.15, 0.2) is 48.5 Å². The van der Waals surface area contributed by atoms with Crippen LogP contribution in [-0.2, 0) is 0 Å². The zero-order valence-electron chi connectivity index (χ0n) is 9.81. The van der Waals surface area contributed by atoms with Crippen molar-refractivity contribution in [2.45, 2.75) is 5.92 Å². The smallest absolute Gasteiger partial charge is 0.184 e. The molecular formula is C15H9F2NO. The van der Waals surface area contributed by atoms with Gasteiger partial charge in [0.2, 0.25) is 0 Å². The number of carbonyl (C=O) groups excluding carboxylic acids is 1. The zero-order valence-corrected chi connectivity index (χ0v) is 9.81. The Hall–Kier alpha value is -2.54. The molecule has 0 N–H and O–H groups in total. The second-order valence-electron chi connectivity index (χ2n) is 3.99. The molecule has 0 fully saturated rings. The molecule has 4 heteroatoms. The topological polar surface area (TPSA) is 40.9 Å². The normalized spacial score (nSPS) is 11.6. The molecule has 2 nitrogen and oxygen atoms in total. The highest BCUT2D eigenvalue weighted by molar-refractivity contribution is 6.02. The van der Waals surface area contributed by atoms with Crippen LogP contribution in [0.5, 0.6) is 0 Å². The van der Waals surface area contributed by atoms with E-state index in [2.05, 4.69) is 0 Å². The highest BCUT2D eigenvalue weighted by atomic mass is 19.1. The first-order valence-electron chi connectivity index (χ1n) is 5.56. The fourth-order valence-corrected chi connectivity index (χ4v) is 1.75. The van der Waals surface area contributed by atoms with E-state index in [1.807, 2.05) is 6.07 Å². The molecule has 0 radical (unpaired) electrons. The number of hydrogen-bond acceptors (Lipinski definition) is 2. The summed E-state index contributed by atoms with van der Waals surface area (Å²) in [6.45, 7) is 0. The predicted molar refractivity (Wildman–Crippen MR) is 65.5 cm³/mol. The number of halogens is 2. The fourth-order valence-electron chi connectivity index (χ4n) is 1.75. The van der Waals surface area contributed by atoms with Gasteiger partial charge in [0, 0.05) is 5.56 Å². The van der Waals surface area contributed by atoms with Crippen LogP contribution in [0.3, 0.4) is 0 Å². The molecule has 94 valence electrons. The molecule has 1 atom stereocenters. The van der Waals surface area contributed by atoms with Crippen molar-refractivity contribution in [1.29, 1.82) is 5.26 Å². The van der Waals surface area contributed by atoms with Crippen LogP contribution < -0.4 is 0 Å². The monoisotopic (exact) mass is 257 g/mol. The third-order valence-corrected chi connectivity index (χ3v) is 2.70. The average Bonchev–Trinajstić information content (AvgIpc) is 2.41. The first-order chi connectivity index (χ1) is 9.11. The second-order valence-corrected chi connectivity index (χ2v) is 3.99. The maximum Gasteiger partial charge on any atom is 0.184 e. The minimum absolute atomic E-state index is 0.121. The van der Waals surface area contributed by atoms with Gasteiger partial charge in [0.15, 0.2) is 5.78 Å². The van der Waals surface area contributed by atoms with E-state index in [0.717, 1.165) is 6.07 Å². The van der Waals surface area contributed by atoms with Gasteiger partial charge >= 0.3 is 0 Å². The lowest BCUT2D eigenvalue weighted by Gasteiger charge is -2.08. The number of Topliss-reactive ketones (excluding diaryl/α,β-unsaturated/α-hetero) is 1. The lowest BCUT2D eigenvalue weighted by molar-refractivity contribution is 0.0978. The first-order valence-corrected chi connectivity index (χ1v) is 5.56. The number of rotatable bonds is 3. The summed E-state index contributed by atoms with van der Waals surface area (Å²) >= 11 is 0. The second kappa shape index (κ2) is 5.40. The van der Waals surface area contributed by atoms with Gasteiger partial charge in [-0.15, -0.1) is 0 Å². The van der Waals surface area contributed by atoms with Gasteiger partial charge in [0.05, 0.1) is 6.07 Å². The molecule has 0 aliphatic heterocycles. The van der Waals surface area contributed by atoms with Crippen molar-refractivity contribution in [1.82, 2.24) is 0 Å². The van der Waals surface area contributed by atoms with Gasteiger partial charge in [0.1, 0.15) is 17.6 Å². The molecule has 2 aromatic rings. The molecule has 2 rings (SSSR count). The van der Waals surface area contributed by atoms with Crippen molar-refractivity contribution in [2.24, 2.45) is 0 Å². The van der Waals surface area contributed by atoms with E-state index in [1.165, 1.54) is 42.5 Å². The lowest BCUT2D eigenvalue weighted by Crippen LogP contribution is -2.11. The lowest BCUT2D eigenvalue weighted by atomic mass is 9.92. The summed E-state index contributed by atoms with van der Waals surface area (Å²) in [7, 11) is 0. The van der Waals surface area contributed by atoms with E-state index in [0.29, 0.717) is 5.56 Å². The summed E-state index contributed by atoms with van der Waals surface area (Å²) < 4.78 is 25.9. The Kier molecular flexibility index (Phi) is 3.67. The quantitative estimate of drug-likeness (QED) is 0.790. The summed E-state index contributed by atoms with van der Waals surface area (Å²) in [5, 5.41) is 9.09. The maximum atomic E-state index is 13.1. The number of ketones is 1. The molecular weight excluding hydrogens is 248 g/mol. The van der Waals surface area contributed by atoms with Gasteiger partial charge in [-0.05, 0) is 29.8 Å². The number of carbonyl (C=O) groups is 1. The third-order valence-electron chi connectivity index (χ3n) is 2.70. The standard InChI is InChI=1S/C15H9F2NO/c16-12-6-4-10(5-7-12)14(9-18)15(19)11-2-1-3-13(17)8-11/h1-8,14H. The Balaban J connectivity index is 2.35. The van der Waals surface area contributed by atoms with Gasteiger partial charge in [0.25, 0.3) is 0 Å². The molecule has 19 heavy (non-hydrogen) atoms. The van der Waals surface area contributed by atoms with Crippen molar-refractivity contribution in [3.05, 3.63) is 71.3 Å². The minimum Gasteiger partial charge on any atom is -0.292 e. The number of nitriles is 1. The predicted octanol–water partition coefficient (Wildman–Crippen LogP) is 3.45. The van der Waals surface area contributed by atoms with E-state index >= 15 is 0 Å². The Morgan fingerprint density at radius 3 is 2.32 bits per heavy atom. The van der Waals surface area contributed by atoms with Crippen LogP contribution in [0.2, 0.25) is 0 Å². The van der Waals surface area contributed by atoms with Crippen LogP contribution in [0.25, 0.3) is 0 Å². The van der Waals surface area contributed by atoms with Crippen LogP contribution >= 0.6 is 0 Å². The van der Waals surface area contributed by atoms with Crippen molar-refractivity contribution in [3.8, 4) is 6.07 Å². The van der Waals surface area contributed by atoms with Crippen molar-refractivity contribution < 1.29 is 13.6 Å². The Morgan fingerprint density at radius 1 is 1.05 bits per heavy atom. The fraction of sp³-hybridized carbons (Fsp3) is 0.0667. The molecule has 1 unspecified atom stereocenters. The van der Waals surface area contributed by atoms with Crippen molar-refractivity contribution in [2.75, 3.05) is 0 Å². The van der Waals surface area contributed by atoms with Gasteiger partial charge in [-0.3, -0.25) is 4.79 Å². The zero-order chi connectivity index (χ0) is 13.8. The largest absolute Gasteiger partial charge is 0.292 e. The van der Waals surface area contributed by atoms with E-state index < -0.39 is 23.3 Å². The summed E-state index contributed by atoms with van der Waals surface area (Å²) in [4.78, 5) is 12.1. The molecule has 0 spiro atoms. The average molecular weight is 257 g/mol. The summed E-state index contributed by atoms with van der Waals surface area (Å²) in [5.74, 6) is -2.56. The molecule has 0 aliphatic carbocycles. The number of benzene rings is 2. The molecule has 0 saturated heterocycles. The van der Waals surface area contributed by atoms with Crippen molar-refractivity contribution >= 4 is 5.78 Å². The van der Waals surface area contributed by atoms with Crippen LogP contribution in [-0.4, -0.2) is 5.78 Å². The molecule has 2 aromatic carbocycles. The summed E-state index contributed by atoms with van der Waals surface area (Å²) in [5.41, 5.74) is 0.508. The van der Waals surface area contributed by atoms with Crippen molar-refractivity contribution in [3.63, 3.8) is 0 Å². The van der Waals surface area contributed by atoms with Crippen LogP contribution in [0, 0.1) is 23.0 Å². The van der Waals surface area contributed by atoms with E-state index in [1.54, 1.807) is 0 Å². The molecule has 0 heterocycles. The summed E-state index contributed by atoms with van der Waals surface area (Å²) in [6, 6.07) is 12.1. The minimum atomic E-state index is -1.07. The van der Waals surface area contributed by atoms with Gasteiger partial charge in [-0.1, -0.05) is 24.3 Å². The summed E-state index contributed by atoms with van der Waals surface area (Å²) in [6.07, 6.45) is 0. The molecule has 0 saturated carbocycles. The molecule has 0 aromatic heterocycles. The van der Waals surface area contributed by atoms with E-state index in [4.69, 9.17) is 5.26 Å². The van der Waals surface area contributed by atoms with Crippen LogP contribution in [0.4, 0.5) is 8.78 Å². The molecule has 0 amide bonds. The number of nitrogens with zero attached hydrogens (tertiary/aromatic N) is 1.